The first-order valence-corrected chi connectivity index (χ1v) is 5.36. The van der Waals surface area contributed by atoms with Crippen molar-refractivity contribution in [3.05, 3.63) is 36.2 Å². The van der Waals surface area contributed by atoms with E-state index < -0.39 is 0 Å². The third kappa shape index (κ3) is 1.98. The summed E-state index contributed by atoms with van der Waals surface area (Å²) in [6, 6.07) is 8.45. The minimum atomic E-state index is 0.185. The normalized spacial score (nSPS) is 11.8. The number of benzene rings is 1. The van der Waals surface area contributed by atoms with Gasteiger partial charge in [0.15, 0.2) is 5.82 Å². The molecule has 1 radical (unpaired) electrons. The van der Waals surface area contributed by atoms with Gasteiger partial charge in [-0.25, -0.2) is 9.67 Å². The van der Waals surface area contributed by atoms with Crippen LogP contribution in [0.4, 0.5) is 0 Å². The summed E-state index contributed by atoms with van der Waals surface area (Å²) in [5.41, 5.74) is 2.58. The highest BCUT2D eigenvalue weighted by Crippen LogP contribution is 2.24. The summed E-state index contributed by atoms with van der Waals surface area (Å²) < 4.78 is 1.73. The predicted octanol–water partition coefficient (Wildman–Crippen LogP) is 2.58. The fourth-order valence-corrected chi connectivity index (χ4v) is 1.63. The number of hydrogen-bond donors (Lipinski definition) is 0. The molecule has 2 aromatic rings. The topological polar surface area (TPSA) is 30.7 Å². The molecular weight excluding hydrogens is 198 g/mol. The van der Waals surface area contributed by atoms with Gasteiger partial charge in [0.25, 0.3) is 0 Å². The third-order valence-electron chi connectivity index (χ3n) is 2.67. The van der Waals surface area contributed by atoms with E-state index in [1.165, 1.54) is 5.56 Å². The molecule has 1 heterocycles. The van der Waals surface area contributed by atoms with Crippen LogP contribution in [0.1, 0.15) is 26.3 Å². The van der Waals surface area contributed by atoms with E-state index in [1.807, 2.05) is 7.05 Å². The van der Waals surface area contributed by atoms with Crippen molar-refractivity contribution in [2.24, 2.45) is 7.05 Å². The minimum Gasteiger partial charge on any atom is -0.248 e. The molecule has 2 rings (SSSR count). The van der Waals surface area contributed by atoms with Crippen molar-refractivity contribution in [1.82, 2.24) is 14.8 Å². The van der Waals surface area contributed by atoms with Crippen molar-refractivity contribution in [2.45, 2.75) is 26.2 Å². The van der Waals surface area contributed by atoms with Gasteiger partial charge >= 0.3 is 0 Å². The number of hydrogen-bond acceptors (Lipinski definition) is 2. The molecule has 0 atom stereocenters. The number of rotatable bonds is 1. The average molecular weight is 214 g/mol. The summed E-state index contributed by atoms with van der Waals surface area (Å²) >= 11 is 0. The Morgan fingerprint density at radius 3 is 2.19 bits per heavy atom. The lowest BCUT2D eigenvalue weighted by Gasteiger charge is -2.18. The molecule has 0 bridgehead atoms. The van der Waals surface area contributed by atoms with E-state index in [0.717, 1.165) is 11.4 Å². The van der Waals surface area contributed by atoms with Crippen LogP contribution < -0.4 is 0 Å². The zero-order valence-electron chi connectivity index (χ0n) is 10.2. The molecule has 0 N–H and O–H groups in total. The van der Waals surface area contributed by atoms with Crippen molar-refractivity contribution in [3.8, 4) is 11.4 Å². The van der Waals surface area contributed by atoms with Crippen LogP contribution in [-0.2, 0) is 12.5 Å². The maximum absolute atomic E-state index is 4.10. The first kappa shape index (κ1) is 10.9. The quantitative estimate of drug-likeness (QED) is 0.730. The highest BCUT2D eigenvalue weighted by Gasteiger charge is 2.13. The van der Waals surface area contributed by atoms with Gasteiger partial charge in [-0.15, -0.1) is 5.10 Å². The van der Waals surface area contributed by atoms with Gasteiger partial charge in [-0.05, 0) is 11.0 Å². The van der Waals surface area contributed by atoms with Crippen LogP contribution in [0.15, 0.2) is 24.3 Å². The van der Waals surface area contributed by atoms with E-state index in [2.05, 4.69) is 61.4 Å². The second-order valence-electron chi connectivity index (χ2n) is 4.99. The van der Waals surface area contributed by atoms with Crippen LogP contribution in [0.25, 0.3) is 11.4 Å². The maximum atomic E-state index is 4.10. The van der Waals surface area contributed by atoms with Crippen LogP contribution in [0.5, 0.6) is 0 Å². The summed E-state index contributed by atoms with van der Waals surface area (Å²) in [6.45, 7) is 6.62. The van der Waals surface area contributed by atoms with Crippen molar-refractivity contribution >= 4 is 0 Å². The molecule has 3 nitrogen and oxygen atoms in total. The van der Waals surface area contributed by atoms with Gasteiger partial charge in [0, 0.05) is 12.6 Å². The minimum absolute atomic E-state index is 0.185. The van der Waals surface area contributed by atoms with E-state index in [0.29, 0.717) is 0 Å². The third-order valence-corrected chi connectivity index (χ3v) is 2.67. The van der Waals surface area contributed by atoms with Gasteiger partial charge in [-0.2, -0.15) is 0 Å². The average Bonchev–Trinajstić information content (AvgIpc) is 2.63. The van der Waals surface area contributed by atoms with Crippen LogP contribution in [0.2, 0.25) is 0 Å². The highest BCUT2D eigenvalue weighted by atomic mass is 15.3. The fraction of sp³-hybridized carbons (Fsp3) is 0.385. The molecule has 1 aromatic carbocycles. The smallest absolute Gasteiger partial charge is 0.221 e. The molecule has 0 saturated heterocycles. The largest absolute Gasteiger partial charge is 0.248 e. The summed E-state index contributed by atoms with van der Waals surface area (Å²) in [5.74, 6) is 0.848. The number of nitrogens with zero attached hydrogens (tertiary/aromatic N) is 3. The van der Waals surface area contributed by atoms with Gasteiger partial charge < -0.3 is 0 Å². The molecule has 3 heteroatoms. The van der Waals surface area contributed by atoms with Gasteiger partial charge in [-0.1, -0.05) is 45.0 Å². The molecule has 0 fully saturated rings. The molecule has 1 aromatic heterocycles. The number of aromatic nitrogens is 3. The van der Waals surface area contributed by atoms with Crippen LogP contribution in [0.3, 0.4) is 0 Å². The van der Waals surface area contributed by atoms with E-state index in [1.54, 1.807) is 4.68 Å². The zero-order chi connectivity index (χ0) is 11.8. The van der Waals surface area contributed by atoms with E-state index in [9.17, 15) is 0 Å². The summed E-state index contributed by atoms with van der Waals surface area (Å²) in [6.07, 6.45) is 2.60. The SMILES string of the molecule is Cn1n[c]nc1-c1ccc(C(C)(C)C)cc1. The van der Waals surface area contributed by atoms with Gasteiger partial charge in [0.1, 0.15) is 0 Å². The summed E-state index contributed by atoms with van der Waals surface area (Å²) in [5, 5.41) is 3.94. The fourth-order valence-electron chi connectivity index (χ4n) is 1.63. The lowest BCUT2D eigenvalue weighted by molar-refractivity contribution is 0.590. The van der Waals surface area contributed by atoms with E-state index in [-0.39, 0.29) is 5.41 Å². The van der Waals surface area contributed by atoms with E-state index >= 15 is 0 Å². The van der Waals surface area contributed by atoms with Crippen molar-refractivity contribution in [1.29, 1.82) is 0 Å². The molecule has 0 unspecified atom stereocenters. The second kappa shape index (κ2) is 3.74. The predicted molar refractivity (Wildman–Crippen MR) is 64.0 cm³/mol. The molecule has 16 heavy (non-hydrogen) atoms. The van der Waals surface area contributed by atoms with Crippen LogP contribution in [-0.4, -0.2) is 14.8 Å². The Morgan fingerprint density at radius 2 is 1.75 bits per heavy atom. The molecule has 0 aliphatic rings. The first-order chi connectivity index (χ1) is 7.48. The first-order valence-electron chi connectivity index (χ1n) is 5.36. The molecule has 0 spiro atoms. The monoisotopic (exact) mass is 214 g/mol. The molecular formula is C13H16N3. The van der Waals surface area contributed by atoms with E-state index in [4.69, 9.17) is 0 Å². The van der Waals surface area contributed by atoms with Gasteiger partial charge in [-0.3, -0.25) is 0 Å². The van der Waals surface area contributed by atoms with Gasteiger partial charge in [0.2, 0.25) is 6.33 Å². The van der Waals surface area contributed by atoms with Gasteiger partial charge in [0.05, 0.1) is 0 Å². The Kier molecular flexibility index (Phi) is 2.54. The van der Waals surface area contributed by atoms with Crippen molar-refractivity contribution in [2.75, 3.05) is 0 Å². The number of aryl methyl sites for hydroxylation is 1. The lowest BCUT2D eigenvalue weighted by Crippen LogP contribution is -2.10. The maximum Gasteiger partial charge on any atom is 0.221 e. The Bertz CT molecular complexity index is 475. The standard InChI is InChI=1S/C13H16N3/c1-13(2,3)11-7-5-10(6-8-11)12-14-9-15-16(12)4/h5-8H,1-4H3. The Balaban J connectivity index is 2.37. The molecule has 83 valence electrons. The molecule has 0 aliphatic heterocycles. The highest BCUT2D eigenvalue weighted by molar-refractivity contribution is 5.55. The molecule has 0 saturated carbocycles. The van der Waals surface area contributed by atoms with Crippen molar-refractivity contribution in [3.63, 3.8) is 0 Å². The second-order valence-corrected chi connectivity index (χ2v) is 4.99. The molecule has 0 amide bonds. The summed E-state index contributed by atoms with van der Waals surface area (Å²) in [4.78, 5) is 4.10. The Hall–Kier alpha value is -1.64. The zero-order valence-corrected chi connectivity index (χ0v) is 10.2. The molecule has 0 aliphatic carbocycles. The Morgan fingerprint density at radius 1 is 1.12 bits per heavy atom. The lowest BCUT2D eigenvalue weighted by atomic mass is 9.87. The van der Waals surface area contributed by atoms with Crippen molar-refractivity contribution < 1.29 is 0 Å². The summed E-state index contributed by atoms with van der Waals surface area (Å²) in [7, 11) is 1.87. The Labute approximate surface area is 96.1 Å². The van der Waals surface area contributed by atoms with Crippen LogP contribution >= 0.6 is 0 Å². The van der Waals surface area contributed by atoms with Crippen LogP contribution in [0, 0.1) is 6.33 Å².